The van der Waals surface area contributed by atoms with Crippen molar-refractivity contribution in [3.8, 4) is 0 Å². The maximum Gasteiger partial charge on any atom is 0.337 e. The van der Waals surface area contributed by atoms with Crippen LogP contribution in [-0.2, 0) is 20.9 Å². The first-order chi connectivity index (χ1) is 14.3. The van der Waals surface area contributed by atoms with Crippen molar-refractivity contribution >= 4 is 40.8 Å². The van der Waals surface area contributed by atoms with Gasteiger partial charge >= 0.3 is 5.97 Å². The molecule has 0 saturated carbocycles. The Kier molecular flexibility index (Phi) is 6.41. The first-order valence-corrected chi connectivity index (χ1v) is 9.52. The third-order valence-corrected chi connectivity index (χ3v) is 5.27. The molecule has 0 bridgehead atoms. The van der Waals surface area contributed by atoms with Gasteiger partial charge in [0.15, 0.2) is 5.11 Å². The van der Waals surface area contributed by atoms with Crippen molar-refractivity contribution in [1.29, 1.82) is 0 Å². The second-order valence-corrected chi connectivity index (χ2v) is 7.14. The van der Waals surface area contributed by atoms with Gasteiger partial charge in [0.2, 0.25) is 5.91 Å². The Morgan fingerprint density at radius 1 is 1.13 bits per heavy atom. The summed E-state index contributed by atoms with van der Waals surface area (Å²) in [5.41, 5.74) is 1.61. The summed E-state index contributed by atoms with van der Waals surface area (Å²) in [6, 6.07) is 11.3. The van der Waals surface area contributed by atoms with E-state index in [0.29, 0.717) is 16.4 Å². The van der Waals surface area contributed by atoms with Crippen LogP contribution in [0, 0.1) is 5.82 Å². The lowest BCUT2D eigenvalue weighted by Gasteiger charge is -2.23. The number of ether oxygens (including phenoxy) is 1. The standard InChI is InChI=1S/C21H20FN3O4S/c1-24-19(27)17(25(21(24)30)12-13-3-7-15(22)8-4-13)11-18(26)23-16-9-5-14(6-10-16)20(28)29-2/h3-10,17H,11-12H2,1-2H3,(H,23,26). The van der Waals surface area contributed by atoms with E-state index in [1.165, 1.54) is 36.3 Å². The third-order valence-electron chi connectivity index (χ3n) is 4.76. The number of hydrogen-bond acceptors (Lipinski definition) is 5. The topological polar surface area (TPSA) is 78.9 Å². The van der Waals surface area contributed by atoms with Crippen molar-refractivity contribution in [2.75, 3.05) is 19.5 Å². The number of benzene rings is 2. The second-order valence-electron chi connectivity index (χ2n) is 6.77. The summed E-state index contributed by atoms with van der Waals surface area (Å²) in [6.45, 7) is 0.279. The smallest absolute Gasteiger partial charge is 0.337 e. The molecule has 30 heavy (non-hydrogen) atoms. The maximum absolute atomic E-state index is 13.2. The highest BCUT2D eigenvalue weighted by atomic mass is 32.1. The van der Waals surface area contributed by atoms with Crippen LogP contribution < -0.4 is 5.32 Å². The van der Waals surface area contributed by atoms with Crippen molar-refractivity contribution in [1.82, 2.24) is 9.80 Å². The highest BCUT2D eigenvalue weighted by Gasteiger charge is 2.41. The molecule has 7 nitrogen and oxygen atoms in total. The summed E-state index contributed by atoms with van der Waals surface area (Å²) in [5.74, 6) is -1.48. The lowest BCUT2D eigenvalue weighted by molar-refractivity contribution is -0.130. The summed E-state index contributed by atoms with van der Waals surface area (Å²) in [4.78, 5) is 39.7. The number of thiocarbonyl (C=S) groups is 1. The van der Waals surface area contributed by atoms with Crippen molar-refractivity contribution < 1.29 is 23.5 Å². The molecule has 3 rings (SSSR count). The van der Waals surface area contributed by atoms with Crippen LogP contribution in [0.4, 0.5) is 10.1 Å². The molecule has 0 aliphatic carbocycles. The Labute approximate surface area is 178 Å². The fraction of sp³-hybridized carbons (Fsp3) is 0.238. The minimum Gasteiger partial charge on any atom is -0.465 e. The number of esters is 1. The molecule has 0 spiro atoms. The highest BCUT2D eigenvalue weighted by molar-refractivity contribution is 7.80. The van der Waals surface area contributed by atoms with E-state index in [0.717, 1.165) is 5.56 Å². The fourth-order valence-corrected chi connectivity index (χ4v) is 3.42. The van der Waals surface area contributed by atoms with Crippen LogP contribution in [0.5, 0.6) is 0 Å². The summed E-state index contributed by atoms with van der Waals surface area (Å²) in [5, 5.41) is 3.02. The van der Waals surface area contributed by atoms with E-state index in [1.54, 1.807) is 36.2 Å². The van der Waals surface area contributed by atoms with Gasteiger partial charge in [-0.15, -0.1) is 0 Å². The van der Waals surface area contributed by atoms with Crippen LogP contribution in [0.15, 0.2) is 48.5 Å². The second kappa shape index (κ2) is 9.00. The normalized spacial score (nSPS) is 16.0. The van der Waals surface area contributed by atoms with E-state index >= 15 is 0 Å². The first-order valence-electron chi connectivity index (χ1n) is 9.11. The number of anilines is 1. The van der Waals surface area contributed by atoms with Gasteiger partial charge < -0.3 is 15.0 Å². The first kappa shape index (κ1) is 21.4. The quantitative estimate of drug-likeness (QED) is 0.562. The molecule has 0 radical (unpaired) electrons. The fourth-order valence-electron chi connectivity index (χ4n) is 3.13. The number of nitrogens with one attached hydrogen (secondary N) is 1. The molecule has 1 unspecified atom stereocenters. The Balaban J connectivity index is 1.69. The maximum atomic E-state index is 13.2. The molecule has 1 aliphatic heterocycles. The van der Waals surface area contributed by atoms with E-state index in [9.17, 15) is 18.8 Å². The molecule has 156 valence electrons. The van der Waals surface area contributed by atoms with Crippen molar-refractivity contribution in [3.05, 3.63) is 65.5 Å². The summed E-state index contributed by atoms with van der Waals surface area (Å²) in [7, 11) is 2.85. The van der Waals surface area contributed by atoms with E-state index in [2.05, 4.69) is 10.1 Å². The number of halogens is 1. The van der Waals surface area contributed by atoms with Gasteiger partial charge in [0.1, 0.15) is 11.9 Å². The van der Waals surface area contributed by atoms with Crippen LogP contribution >= 0.6 is 12.2 Å². The number of rotatable bonds is 6. The number of hydrogen-bond donors (Lipinski definition) is 1. The number of carbonyl (C=O) groups excluding carboxylic acids is 3. The van der Waals surface area contributed by atoms with Crippen LogP contribution in [0.1, 0.15) is 22.3 Å². The van der Waals surface area contributed by atoms with Gasteiger partial charge in [-0.2, -0.15) is 0 Å². The summed E-state index contributed by atoms with van der Waals surface area (Å²) < 4.78 is 17.8. The lowest BCUT2D eigenvalue weighted by Crippen LogP contribution is -2.37. The molecule has 2 aromatic carbocycles. The number of nitrogens with zero attached hydrogens (tertiary/aromatic N) is 2. The highest BCUT2D eigenvalue weighted by Crippen LogP contribution is 2.23. The number of likely N-dealkylation sites (N-methyl/N-ethyl adjacent to an activating group) is 1. The molecule has 1 heterocycles. The zero-order chi connectivity index (χ0) is 21.8. The molecule has 1 atom stereocenters. The minimum atomic E-state index is -0.762. The number of methoxy groups -OCH3 is 1. The summed E-state index contributed by atoms with van der Waals surface area (Å²) >= 11 is 5.36. The van der Waals surface area contributed by atoms with Crippen molar-refractivity contribution in [3.63, 3.8) is 0 Å². The van der Waals surface area contributed by atoms with Crippen LogP contribution in [0.25, 0.3) is 0 Å². The van der Waals surface area contributed by atoms with Crippen molar-refractivity contribution in [2.24, 2.45) is 0 Å². The third kappa shape index (κ3) is 4.62. The van der Waals surface area contributed by atoms with Gasteiger partial charge in [-0.25, -0.2) is 9.18 Å². The van der Waals surface area contributed by atoms with E-state index in [1.807, 2.05) is 0 Å². The average Bonchev–Trinajstić information content (AvgIpc) is 2.93. The van der Waals surface area contributed by atoms with Gasteiger partial charge in [0.05, 0.1) is 19.1 Å². The largest absolute Gasteiger partial charge is 0.465 e. The zero-order valence-corrected chi connectivity index (χ0v) is 17.2. The summed E-state index contributed by atoms with van der Waals surface area (Å²) in [6.07, 6.45) is -0.108. The molecule has 1 aliphatic rings. The lowest BCUT2D eigenvalue weighted by atomic mass is 10.1. The molecule has 1 saturated heterocycles. The predicted octanol–water partition coefficient (Wildman–Crippen LogP) is 2.57. The predicted molar refractivity (Wildman–Crippen MR) is 112 cm³/mol. The van der Waals surface area contributed by atoms with Gasteiger partial charge in [0, 0.05) is 19.3 Å². The Morgan fingerprint density at radius 3 is 2.37 bits per heavy atom. The average molecular weight is 429 g/mol. The van der Waals surface area contributed by atoms with E-state index in [-0.39, 0.29) is 30.6 Å². The molecule has 0 aromatic heterocycles. The zero-order valence-electron chi connectivity index (χ0n) is 16.4. The van der Waals surface area contributed by atoms with Crippen molar-refractivity contribution in [2.45, 2.75) is 19.0 Å². The van der Waals surface area contributed by atoms with Gasteiger partial charge in [0.25, 0.3) is 5.91 Å². The Morgan fingerprint density at radius 2 is 1.77 bits per heavy atom. The molecule has 2 amide bonds. The SMILES string of the molecule is COC(=O)c1ccc(NC(=O)CC2C(=O)N(C)C(=S)N2Cc2ccc(F)cc2)cc1. The molecular weight excluding hydrogens is 409 g/mol. The van der Waals surface area contributed by atoms with Gasteiger partial charge in [-0.1, -0.05) is 12.1 Å². The monoisotopic (exact) mass is 429 g/mol. The molecule has 1 N–H and O–H groups in total. The van der Waals surface area contributed by atoms with Gasteiger partial charge in [-0.05, 0) is 54.2 Å². The number of amides is 2. The van der Waals surface area contributed by atoms with Crippen LogP contribution in [0.2, 0.25) is 0 Å². The van der Waals surface area contributed by atoms with E-state index in [4.69, 9.17) is 12.2 Å². The molecule has 1 fully saturated rings. The molecular formula is C21H20FN3O4S. The van der Waals surface area contributed by atoms with Crippen LogP contribution in [-0.4, -0.2) is 52.9 Å². The van der Waals surface area contributed by atoms with E-state index < -0.39 is 12.0 Å². The van der Waals surface area contributed by atoms with Gasteiger partial charge in [-0.3, -0.25) is 14.5 Å². The Bertz CT molecular complexity index is 979. The molecule has 2 aromatic rings. The Hall–Kier alpha value is -3.33. The molecule has 9 heteroatoms. The van der Waals surface area contributed by atoms with Crippen LogP contribution in [0.3, 0.4) is 0 Å². The minimum absolute atomic E-state index is 0.108. The number of carbonyl (C=O) groups is 3.